The van der Waals surface area contributed by atoms with E-state index >= 15 is 0 Å². The van der Waals surface area contributed by atoms with Gasteiger partial charge in [0.1, 0.15) is 5.82 Å². The minimum Gasteiger partial charge on any atom is -0.295 e. The molecule has 0 saturated heterocycles. The fourth-order valence-electron chi connectivity index (χ4n) is 5.12. The number of rotatable bonds is 2. The Kier molecular flexibility index (Phi) is 4.52. The number of hydrogen-bond acceptors (Lipinski definition) is 3. The summed E-state index contributed by atoms with van der Waals surface area (Å²) < 4.78 is 2.36. The molecule has 0 amide bonds. The van der Waals surface area contributed by atoms with Gasteiger partial charge in [0.25, 0.3) is 0 Å². The van der Waals surface area contributed by atoms with Gasteiger partial charge in [-0.3, -0.25) is 9.47 Å². The fraction of sp³-hybridized carbons (Fsp3) is 0.417. The molecular weight excluding hydrogens is 344 g/mol. The van der Waals surface area contributed by atoms with Gasteiger partial charge in [-0.15, -0.1) is 10.2 Å². The van der Waals surface area contributed by atoms with Crippen molar-refractivity contribution >= 4 is 0 Å². The molecule has 3 aromatic rings. The maximum absolute atomic E-state index is 4.70. The highest BCUT2D eigenvalue weighted by Gasteiger charge is 2.30. The van der Waals surface area contributed by atoms with Crippen LogP contribution in [0.4, 0.5) is 0 Å². The van der Waals surface area contributed by atoms with Gasteiger partial charge in [0, 0.05) is 12.5 Å². The van der Waals surface area contributed by atoms with E-state index in [1.54, 1.807) is 0 Å². The SMILES string of the molecule is Cc1ccccc1C1CCC(c2nnc3n2-c2ccccc2CN(C)C3)CC1. The van der Waals surface area contributed by atoms with E-state index in [0.29, 0.717) is 11.8 Å². The second kappa shape index (κ2) is 7.17. The first-order valence-electron chi connectivity index (χ1n) is 10.5. The Morgan fingerprint density at radius 3 is 2.36 bits per heavy atom. The Hall–Kier alpha value is -2.46. The minimum atomic E-state index is 0.498. The van der Waals surface area contributed by atoms with Crippen molar-refractivity contribution in [2.24, 2.45) is 0 Å². The van der Waals surface area contributed by atoms with Crippen LogP contribution in [0.2, 0.25) is 0 Å². The third-order valence-electron chi connectivity index (χ3n) is 6.56. The molecule has 1 fully saturated rings. The summed E-state index contributed by atoms with van der Waals surface area (Å²) in [5, 5.41) is 9.30. The first kappa shape index (κ1) is 17.6. The van der Waals surface area contributed by atoms with Crippen LogP contribution < -0.4 is 0 Å². The molecule has 2 heterocycles. The number of nitrogens with zero attached hydrogens (tertiary/aromatic N) is 4. The van der Waals surface area contributed by atoms with Crippen LogP contribution in [-0.4, -0.2) is 26.7 Å². The van der Waals surface area contributed by atoms with Crippen LogP contribution in [0.5, 0.6) is 0 Å². The van der Waals surface area contributed by atoms with Gasteiger partial charge in [-0.25, -0.2) is 0 Å². The zero-order chi connectivity index (χ0) is 19.1. The largest absolute Gasteiger partial charge is 0.295 e. The van der Waals surface area contributed by atoms with Crippen LogP contribution >= 0.6 is 0 Å². The number of fused-ring (bicyclic) bond motifs is 3. The molecule has 1 aromatic heterocycles. The standard InChI is InChI=1S/C24H28N4/c1-17-7-3-5-9-21(17)18-11-13-19(14-12-18)24-26-25-23-16-27(2)15-20-8-4-6-10-22(20)28(23)24/h3-10,18-19H,11-16H2,1-2H3. The van der Waals surface area contributed by atoms with Crippen molar-refractivity contribution in [3.8, 4) is 5.69 Å². The first-order valence-corrected chi connectivity index (χ1v) is 10.5. The summed E-state index contributed by atoms with van der Waals surface area (Å²) in [4.78, 5) is 2.32. The summed E-state index contributed by atoms with van der Waals surface area (Å²) in [6.07, 6.45) is 4.85. The highest BCUT2D eigenvalue weighted by atomic mass is 15.3. The molecule has 2 aromatic carbocycles. The van der Waals surface area contributed by atoms with Crippen LogP contribution in [0, 0.1) is 6.92 Å². The molecule has 1 saturated carbocycles. The van der Waals surface area contributed by atoms with Crippen molar-refractivity contribution in [1.82, 2.24) is 19.7 Å². The topological polar surface area (TPSA) is 34.0 Å². The second-order valence-electron chi connectivity index (χ2n) is 8.52. The molecular formula is C24H28N4. The third-order valence-corrected chi connectivity index (χ3v) is 6.56. The van der Waals surface area contributed by atoms with Gasteiger partial charge in [0.15, 0.2) is 5.82 Å². The van der Waals surface area contributed by atoms with E-state index in [1.807, 2.05) is 0 Å². The molecule has 5 rings (SSSR count). The normalized spacial score (nSPS) is 22.4. The minimum absolute atomic E-state index is 0.498. The van der Waals surface area contributed by atoms with E-state index in [0.717, 1.165) is 18.9 Å². The van der Waals surface area contributed by atoms with E-state index in [-0.39, 0.29) is 0 Å². The average Bonchev–Trinajstić information content (AvgIpc) is 3.06. The highest BCUT2D eigenvalue weighted by Crippen LogP contribution is 2.41. The molecule has 0 bridgehead atoms. The highest BCUT2D eigenvalue weighted by molar-refractivity contribution is 5.44. The molecule has 0 radical (unpaired) electrons. The smallest absolute Gasteiger partial charge is 0.151 e. The van der Waals surface area contributed by atoms with Crippen molar-refractivity contribution in [2.75, 3.05) is 7.05 Å². The first-order chi connectivity index (χ1) is 13.7. The van der Waals surface area contributed by atoms with Gasteiger partial charge in [-0.1, -0.05) is 42.5 Å². The van der Waals surface area contributed by atoms with Crippen LogP contribution in [0.1, 0.15) is 65.9 Å². The summed E-state index contributed by atoms with van der Waals surface area (Å²) in [5.41, 5.74) is 5.59. The Morgan fingerprint density at radius 2 is 1.54 bits per heavy atom. The lowest BCUT2D eigenvalue weighted by atomic mass is 9.77. The van der Waals surface area contributed by atoms with Crippen LogP contribution in [0.15, 0.2) is 48.5 Å². The Labute approximate surface area is 167 Å². The summed E-state index contributed by atoms with van der Waals surface area (Å²) in [7, 11) is 2.16. The van der Waals surface area contributed by atoms with Crippen molar-refractivity contribution in [1.29, 1.82) is 0 Å². The molecule has 28 heavy (non-hydrogen) atoms. The second-order valence-corrected chi connectivity index (χ2v) is 8.52. The van der Waals surface area contributed by atoms with Crippen LogP contribution in [0.3, 0.4) is 0 Å². The number of aromatic nitrogens is 3. The van der Waals surface area contributed by atoms with Crippen molar-refractivity contribution in [3.63, 3.8) is 0 Å². The third kappa shape index (κ3) is 3.06. The lowest BCUT2D eigenvalue weighted by Gasteiger charge is -2.29. The van der Waals surface area contributed by atoms with E-state index < -0.39 is 0 Å². The molecule has 0 atom stereocenters. The van der Waals surface area contributed by atoms with E-state index in [1.165, 1.54) is 53.9 Å². The van der Waals surface area contributed by atoms with Gasteiger partial charge in [0.2, 0.25) is 0 Å². The predicted octanol–water partition coefficient (Wildman–Crippen LogP) is 4.96. The van der Waals surface area contributed by atoms with E-state index in [4.69, 9.17) is 5.10 Å². The average molecular weight is 373 g/mol. The molecule has 0 N–H and O–H groups in total. The van der Waals surface area contributed by atoms with E-state index in [2.05, 4.69) is 77.1 Å². The summed E-state index contributed by atoms with van der Waals surface area (Å²) >= 11 is 0. The molecule has 4 heteroatoms. The van der Waals surface area contributed by atoms with Gasteiger partial charge >= 0.3 is 0 Å². The predicted molar refractivity (Wildman–Crippen MR) is 112 cm³/mol. The van der Waals surface area contributed by atoms with Gasteiger partial charge in [0.05, 0.1) is 12.2 Å². The van der Waals surface area contributed by atoms with Gasteiger partial charge in [-0.05, 0) is 68.3 Å². The number of para-hydroxylation sites is 1. The summed E-state index contributed by atoms with van der Waals surface area (Å²) in [6.45, 7) is 4.05. The monoisotopic (exact) mass is 372 g/mol. The molecule has 4 nitrogen and oxygen atoms in total. The zero-order valence-corrected chi connectivity index (χ0v) is 16.8. The Morgan fingerprint density at radius 1 is 0.821 bits per heavy atom. The number of aryl methyl sites for hydroxylation is 1. The molecule has 1 aliphatic heterocycles. The molecule has 144 valence electrons. The Bertz CT molecular complexity index is 982. The van der Waals surface area contributed by atoms with Gasteiger partial charge in [-0.2, -0.15) is 0 Å². The lowest BCUT2D eigenvalue weighted by Crippen LogP contribution is -2.17. The van der Waals surface area contributed by atoms with Crippen LogP contribution in [-0.2, 0) is 13.1 Å². The quantitative estimate of drug-likeness (QED) is 0.637. The summed E-state index contributed by atoms with van der Waals surface area (Å²) in [5.74, 6) is 3.42. The molecule has 1 aliphatic carbocycles. The fourth-order valence-corrected chi connectivity index (χ4v) is 5.12. The lowest BCUT2D eigenvalue weighted by molar-refractivity contribution is 0.315. The van der Waals surface area contributed by atoms with Crippen molar-refractivity contribution < 1.29 is 0 Å². The van der Waals surface area contributed by atoms with Crippen LogP contribution in [0.25, 0.3) is 5.69 Å². The molecule has 2 aliphatic rings. The zero-order valence-electron chi connectivity index (χ0n) is 16.8. The maximum atomic E-state index is 4.70. The maximum Gasteiger partial charge on any atom is 0.151 e. The van der Waals surface area contributed by atoms with Gasteiger partial charge < -0.3 is 0 Å². The Balaban J connectivity index is 1.44. The van der Waals surface area contributed by atoms with Crippen molar-refractivity contribution in [2.45, 2.75) is 57.5 Å². The number of benzene rings is 2. The number of hydrogen-bond donors (Lipinski definition) is 0. The van der Waals surface area contributed by atoms with E-state index in [9.17, 15) is 0 Å². The molecule has 0 unspecified atom stereocenters. The van der Waals surface area contributed by atoms with Crippen molar-refractivity contribution in [3.05, 3.63) is 76.9 Å². The molecule has 0 spiro atoms. The summed E-state index contributed by atoms with van der Waals surface area (Å²) in [6, 6.07) is 17.6.